The average Bonchev–Trinajstić information content (AvgIpc) is 2.34. The number of pyridine rings is 1. The van der Waals surface area contributed by atoms with Crippen molar-refractivity contribution in [2.45, 2.75) is 31.5 Å². The maximum absolute atomic E-state index is 12.7. The molecule has 0 aliphatic heterocycles. The Labute approximate surface area is 109 Å². The molecule has 1 unspecified atom stereocenters. The molecule has 0 saturated carbocycles. The number of anilines is 1. The molecule has 18 heavy (non-hydrogen) atoms. The Hall–Kier alpha value is -0.910. The lowest BCUT2D eigenvalue weighted by atomic mass is 10.2. The van der Waals surface area contributed by atoms with Gasteiger partial charge in [0.1, 0.15) is 5.82 Å². The number of thioether (sulfide) groups is 1. The van der Waals surface area contributed by atoms with E-state index >= 15 is 0 Å². The minimum Gasteiger partial charge on any atom is -0.373 e. The molecule has 0 radical (unpaired) electrons. The van der Waals surface area contributed by atoms with Gasteiger partial charge in [-0.25, -0.2) is 4.98 Å². The molecule has 0 aliphatic rings. The van der Waals surface area contributed by atoms with Crippen LogP contribution < -0.4 is 5.32 Å². The fourth-order valence-corrected chi connectivity index (χ4v) is 2.28. The van der Waals surface area contributed by atoms with Crippen LogP contribution >= 0.6 is 11.8 Å². The van der Waals surface area contributed by atoms with Crippen molar-refractivity contribution in [3.05, 3.63) is 17.7 Å². The van der Waals surface area contributed by atoms with E-state index in [1.54, 1.807) is 7.05 Å². The zero-order chi connectivity index (χ0) is 13.8. The van der Waals surface area contributed by atoms with Gasteiger partial charge >= 0.3 is 6.18 Å². The van der Waals surface area contributed by atoms with Crippen LogP contribution in [0.2, 0.25) is 0 Å². The van der Waals surface area contributed by atoms with Gasteiger partial charge in [0.25, 0.3) is 0 Å². The number of nitrogens with zero attached hydrogens (tertiary/aromatic N) is 1. The Morgan fingerprint density at radius 1 is 1.39 bits per heavy atom. The molecule has 1 heterocycles. The first-order valence-electron chi connectivity index (χ1n) is 5.76. The predicted octanol–water partition coefficient (Wildman–Crippen LogP) is 4.28. The summed E-state index contributed by atoms with van der Waals surface area (Å²) in [5.74, 6) is 1.48. The molecular weight excluding hydrogens is 261 g/mol. The third-order valence-corrected chi connectivity index (χ3v) is 3.84. The van der Waals surface area contributed by atoms with E-state index in [1.165, 1.54) is 11.8 Å². The molecule has 1 aromatic heterocycles. The summed E-state index contributed by atoms with van der Waals surface area (Å²) in [5, 5.41) is 3.07. The second-order valence-corrected chi connectivity index (χ2v) is 5.19. The van der Waals surface area contributed by atoms with Crippen LogP contribution in [-0.2, 0) is 6.18 Å². The van der Waals surface area contributed by atoms with Crippen molar-refractivity contribution in [2.24, 2.45) is 5.92 Å². The number of alkyl halides is 3. The minimum atomic E-state index is -4.33. The summed E-state index contributed by atoms with van der Waals surface area (Å²) < 4.78 is 38.1. The fraction of sp³-hybridized carbons (Fsp3) is 0.583. The summed E-state index contributed by atoms with van der Waals surface area (Å²) in [6.45, 7) is 4.13. The highest BCUT2D eigenvalue weighted by Gasteiger charge is 2.31. The monoisotopic (exact) mass is 278 g/mol. The van der Waals surface area contributed by atoms with Gasteiger partial charge in [0.05, 0.1) is 10.6 Å². The highest BCUT2D eigenvalue weighted by atomic mass is 32.2. The Bertz CT molecular complexity index is 393. The van der Waals surface area contributed by atoms with E-state index in [0.29, 0.717) is 10.9 Å². The molecule has 0 spiro atoms. The van der Waals surface area contributed by atoms with Crippen LogP contribution in [0.3, 0.4) is 0 Å². The summed E-state index contributed by atoms with van der Waals surface area (Å²) >= 11 is 1.36. The smallest absolute Gasteiger partial charge is 0.373 e. The van der Waals surface area contributed by atoms with Crippen LogP contribution in [0, 0.1) is 5.92 Å². The van der Waals surface area contributed by atoms with Gasteiger partial charge in [0.15, 0.2) is 0 Å². The summed E-state index contributed by atoms with van der Waals surface area (Å²) in [6, 6.07) is 2.13. The van der Waals surface area contributed by atoms with Crippen LogP contribution in [0.5, 0.6) is 0 Å². The van der Waals surface area contributed by atoms with Crippen molar-refractivity contribution in [3.63, 3.8) is 0 Å². The molecule has 6 heteroatoms. The summed E-state index contributed by atoms with van der Waals surface area (Å²) in [6.07, 6.45) is -3.33. The lowest BCUT2D eigenvalue weighted by Gasteiger charge is -2.12. The average molecular weight is 278 g/mol. The molecule has 0 aromatic carbocycles. The lowest BCUT2D eigenvalue weighted by molar-refractivity contribution is -0.137. The standard InChI is InChI=1S/C12H17F3N2S/c1-4-8(2)7-18-11-6-9(12(13,14)15)5-10(16-3)17-11/h5-6,8H,4,7H2,1-3H3,(H,16,17). The summed E-state index contributed by atoms with van der Waals surface area (Å²) in [4.78, 5) is 4.12. The maximum atomic E-state index is 12.7. The van der Waals surface area contributed by atoms with E-state index < -0.39 is 11.7 Å². The Balaban J connectivity index is 2.91. The zero-order valence-electron chi connectivity index (χ0n) is 10.6. The molecule has 0 aliphatic carbocycles. The molecule has 2 nitrogen and oxygen atoms in total. The third kappa shape index (κ3) is 4.40. The van der Waals surface area contributed by atoms with Gasteiger partial charge in [-0.15, -0.1) is 11.8 Å². The highest BCUT2D eigenvalue weighted by molar-refractivity contribution is 7.99. The molecule has 0 bridgehead atoms. The Kier molecular flexibility index (Phi) is 5.31. The van der Waals surface area contributed by atoms with E-state index in [-0.39, 0.29) is 5.82 Å². The first-order valence-corrected chi connectivity index (χ1v) is 6.75. The van der Waals surface area contributed by atoms with Gasteiger partial charge in [-0.1, -0.05) is 20.3 Å². The van der Waals surface area contributed by atoms with Crippen molar-refractivity contribution in [2.75, 3.05) is 18.1 Å². The van der Waals surface area contributed by atoms with Crippen molar-refractivity contribution < 1.29 is 13.2 Å². The van der Waals surface area contributed by atoms with Crippen LogP contribution in [0.25, 0.3) is 0 Å². The molecule has 1 rings (SSSR count). The topological polar surface area (TPSA) is 24.9 Å². The van der Waals surface area contributed by atoms with Crippen LogP contribution in [0.1, 0.15) is 25.8 Å². The van der Waals surface area contributed by atoms with E-state index in [0.717, 1.165) is 24.3 Å². The van der Waals surface area contributed by atoms with Gasteiger partial charge in [0.2, 0.25) is 0 Å². The molecule has 0 saturated heterocycles. The van der Waals surface area contributed by atoms with Crippen molar-refractivity contribution in [1.29, 1.82) is 0 Å². The highest BCUT2D eigenvalue weighted by Crippen LogP contribution is 2.33. The number of aromatic nitrogens is 1. The molecule has 1 aromatic rings. The van der Waals surface area contributed by atoms with Crippen molar-refractivity contribution in [3.8, 4) is 0 Å². The van der Waals surface area contributed by atoms with Crippen LogP contribution in [-0.4, -0.2) is 17.8 Å². The lowest BCUT2D eigenvalue weighted by Crippen LogP contribution is -2.07. The number of nitrogens with one attached hydrogen (secondary N) is 1. The SMILES string of the molecule is CCC(C)CSc1cc(C(F)(F)F)cc(NC)n1. The van der Waals surface area contributed by atoms with E-state index in [4.69, 9.17) is 0 Å². The zero-order valence-corrected chi connectivity index (χ0v) is 11.5. The number of hydrogen-bond acceptors (Lipinski definition) is 3. The molecular formula is C12H17F3N2S. The van der Waals surface area contributed by atoms with Gasteiger partial charge in [-0.3, -0.25) is 0 Å². The van der Waals surface area contributed by atoms with E-state index in [2.05, 4.69) is 24.1 Å². The first kappa shape index (κ1) is 15.1. The van der Waals surface area contributed by atoms with Crippen molar-refractivity contribution in [1.82, 2.24) is 4.98 Å². The molecule has 0 fully saturated rings. The van der Waals surface area contributed by atoms with E-state index in [9.17, 15) is 13.2 Å². The summed E-state index contributed by atoms with van der Waals surface area (Å²) in [7, 11) is 1.56. The van der Waals surface area contributed by atoms with Crippen LogP contribution in [0.15, 0.2) is 17.2 Å². The first-order chi connectivity index (χ1) is 8.36. The summed E-state index contributed by atoms with van der Waals surface area (Å²) in [5.41, 5.74) is -0.659. The Morgan fingerprint density at radius 2 is 2.06 bits per heavy atom. The number of hydrogen-bond donors (Lipinski definition) is 1. The molecule has 1 atom stereocenters. The van der Waals surface area contributed by atoms with Gasteiger partial charge < -0.3 is 5.32 Å². The minimum absolute atomic E-state index is 0.247. The fourth-order valence-electron chi connectivity index (χ4n) is 1.22. The van der Waals surface area contributed by atoms with E-state index in [1.807, 2.05) is 0 Å². The largest absolute Gasteiger partial charge is 0.416 e. The van der Waals surface area contributed by atoms with Gasteiger partial charge in [-0.05, 0) is 18.1 Å². The maximum Gasteiger partial charge on any atom is 0.416 e. The number of rotatable bonds is 5. The normalized spacial score (nSPS) is 13.4. The second kappa shape index (κ2) is 6.31. The molecule has 0 amide bonds. The van der Waals surface area contributed by atoms with Gasteiger partial charge in [0, 0.05) is 12.8 Å². The van der Waals surface area contributed by atoms with Crippen molar-refractivity contribution >= 4 is 17.6 Å². The third-order valence-electron chi connectivity index (χ3n) is 2.60. The van der Waals surface area contributed by atoms with Crippen LogP contribution in [0.4, 0.5) is 19.0 Å². The molecule has 1 N–H and O–H groups in total. The Morgan fingerprint density at radius 3 is 2.56 bits per heavy atom. The second-order valence-electron chi connectivity index (χ2n) is 4.15. The quantitative estimate of drug-likeness (QED) is 0.814. The molecule has 102 valence electrons. The predicted molar refractivity (Wildman–Crippen MR) is 69.0 cm³/mol. The van der Waals surface area contributed by atoms with Gasteiger partial charge in [-0.2, -0.15) is 13.2 Å². The number of halogens is 3.